The van der Waals surface area contributed by atoms with Crippen LogP contribution in [0.15, 0.2) is 22.0 Å². The van der Waals surface area contributed by atoms with E-state index in [0.717, 1.165) is 47.2 Å². The van der Waals surface area contributed by atoms with Crippen molar-refractivity contribution >= 4 is 33.2 Å². The van der Waals surface area contributed by atoms with Gasteiger partial charge in [0.2, 0.25) is 0 Å². The van der Waals surface area contributed by atoms with Gasteiger partial charge in [0, 0.05) is 26.2 Å². The van der Waals surface area contributed by atoms with Crippen molar-refractivity contribution in [3.05, 3.63) is 27.7 Å². The summed E-state index contributed by atoms with van der Waals surface area (Å²) in [6, 6.07) is 5.74. The molecule has 0 bridgehead atoms. The molecule has 0 radical (unpaired) electrons. The quantitative estimate of drug-likeness (QED) is 0.826. The number of aromatic nitrogens is 2. The number of hydrogen-bond acceptors (Lipinski definition) is 5. The number of ether oxygens (including phenoxy) is 1. The highest BCUT2D eigenvalue weighted by Gasteiger charge is 2.14. The van der Waals surface area contributed by atoms with Crippen LogP contribution in [-0.4, -0.2) is 60.4 Å². The van der Waals surface area contributed by atoms with Gasteiger partial charge in [0.15, 0.2) is 5.69 Å². The fourth-order valence-corrected chi connectivity index (χ4v) is 3.62. The number of halogens is 1. The number of rotatable bonds is 5. The van der Waals surface area contributed by atoms with E-state index in [0.29, 0.717) is 12.2 Å². The maximum Gasteiger partial charge on any atom is 0.271 e. The SMILES string of the molecule is O=C(NCCN1CCOCC1)c1cc(-c2ccc(Br)s2)[nH]n1. The van der Waals surface area contributed by atoms with Gasteiger partial charge in [-0.1, -0.05) is 0 Å². The molecule has 0 atom stereocenters. The summed E-state index contributed by atoms with van der Waals surface area (Å²) in [4.78, 5) is 15.4. The van der Waals surface area contributed by atoms with Gasteiger partial charge in [-0.2, -0.15) is 5.10 Å². The number of morpholine rings is 1. The standard InChI is InChI=1S/C14H17BrN4O2S/c15-13-2-1-12(22-13)10-9-11(18-17-10)14(20)16-3-4-19-5-7-21-8-6-19/h1-2,9H,3-8H2,(H,16,20)(H,17,18). The minimum atomic E-state index is -0.147. The van der Waals surface area contributed by atoms with Crippen LogP contribution in [0.4, 0.5) is 0 Å². The van der Waals surface area contributed by atoms with E-state index in [9.17, 15) is 4.79 Å². The zero-order valence-electron chi connectivity index (χ0n) is 12.0. The number of nitrogens with zero attached hydrogens (tertiary/aromatic N) is 2. The molecule has 0 aromatic carbocycles. The van der Waals surface area contributed by atoms with Gasteiger partial charge in [-0.25, -0.2) is 0 Å². The Hall–Kier alpha value is -1.22. The molecular weight excluding hydrogens is 368 g/mol. The van der Waals surface area contributed by atoms with E-state index in [1.165, 1.54) is 0 Å². The van der Waals surface area contributed by atoms with Crippen LogP contribution in [-0.2, 0) is 4.74 Å². The summed E-state index contributed by atoms with van der Waals surface area (Å²) < 4.78 is 6.35. The zero-order chi connectivity index (χ0) is 15.4. The van der Waals surface area contributed by atoms with E-state index in [4.69, 9.17) is 4.74 Å². The van der Waals surface area contributed by atoms with E-state index in [2.05, 4.69) is 36.3 Å². The fraction of sp³-hybridized carbons (Fsp3) is 0.429. The smallest absolute Gasteiger partial charge is 0.271 e. The molecule has 6 nitrogen and oxygen atoms in total. The number of aromatic amines is 1. The summed E-state index contributed by atoms with van der Waals surface area (Å²) >= 11 is 5.03. The minimum absolute atomic E-state index is 0.147. The van der Waals surface area contributed by atoms with Gasteiger partial charge in [0.25, 0.3) is 5.91 Å². The molecule has 3 heterocycles. The lowest BCUT2D eigenvalue weighted by Crippen LogP contribution is -2.41. The molecule has 2 N–H and O–H groups in total. The average molecular weight is 385 g/mol. The molecule has 3 rings (SSSR count). The van der Waals surface area contributed by atoms with E-state index in [-0.39, 0.29) is 5.91 Å². The van der Waals surface area contributed by atoms with E-state index >= 15 is 0 Å². The molecule has 1 aliphatic heterocycles. The third kappa shape index (κ3) is 3.95. The molecule has 0 aliphatic carbocycles. The van der Waals surface area contributed by atoms with Crippen LogP contribution in [0.3, 0.4) is 0 Å². The van der Waals surface area contributed by atoms with E-state index in [1.807, 2.05) is 12.1 Å². The predicted molar refractivity (Wildman–Crippen MR) is 89.2 cm³/mol. The van der Waals surface area contributed by atoms with Gasteiger partial charge >= 0.3 is 0 Å². The van der Waals surface area contributed by atoms with Crippen LogP contribution < -0.4 is 5.32 Å². The molecule has 1 fully saturated rings. The first-order chi connectivity index (χ1) is 10.7. The summed E-state index contributed by atoms with van der Waals surface area (Å²) in [6.07, 6.45) is 0. The number of nitrogens with one attached hydrogen (secondary N) is 2. The first-order valence-corrected chi connectivity index (χ1v) is 8.73. The fourth-order valence-electron chi connectivity index (χ4n) is 2.27. The van der Waals surface area contributed by atoms with Crippen LogP contribution in [0.5, 0.6) is 0 Å². The molecule has 2 aromatic heterocycles. The molecule has 22 heavy (non-hydrogen) atoms. The number of carbonyl (C=O) groups excluding carboxylic acids is 1. The topological polar surface area (TPSA) is 70.2 Å². The summed E-state index contributed by atoms with van der Waals surface area (Å²) in [5, 5.41) is 9.90. The van der Waals surface area contributed by atoms with Gasteiger partial charge in [0.1, 0.15) is 0 Å². The van der Waals surface area contributed by atoms with Crippen LogP contribution in [0, 0.1) is 0 Å². The molecule has 2 aromatic rings. The summed E-state index contributed by atoms with van der Waals surface area (Å²) in [5.74, 6) is -0.147. The summed E-state index contributed by atoms with van der Waals surface area (Å²) in [6.45, 7) is 4.85. The summed E-state index contributed by atoms with van der Waals surface area (Å²) in [5.41, 5.74) is 1.27. The van der Waals surface area contributed by atoms with Gasteiger partial charge in [-0.3, -0.25) is 14.8 Å². The lowest BCUT2D eigenvalue weighted by molar-refractivity contribution is 0.0383. The van der Waals surface area contributed by atoms with Crippen molar-refractivity contribution < 1.29 is 9.53 Å². The largest absolute Gasteiger partial charge is 0.379 e. The maximum absolute atomic E-state index is 12.1. The van der Waals surface area contributed by atoms with Crippen LogP contribution in [0.2, 0.25) is 0 Å². The average Bonchev–Trinajstić information content (AvgIpc) is 3.17. The molecule has 0 spiro atoms. The van der Waals surface area contributed by atoms with Crippen molar-refractivity contribution in [3.8, 4) is 10.6 Å². The molecule has 8 heteroatoms. The monoisotopic (exact) mass is 384 g/mol. The second kappa shape index (κ2) is 7.36. The molecule has 0 unspecified atom stereocenters. The molecule has 1 saturated heterocycles. The van der Waals surface area contributed by atoms with Crippen molar-refractivity contribution in [1.29, 1.82) is 0 Å². The van der Waals surface area contributed by atoms with Gasteiger partial charge in [-0.15, -0.1) is 11.3 Å². The Morgan fingerprint density at radius 1 is 1.45 bits per heavy atom. The van der Waals surface area contributed by atoms with Crippen molar-refractivity contribution in [2.45, 2.75) is 0 Å². The van der Waals surface area contributed by atoms with Crippen LogP contribution in [0.1, 0.15) is 10.5 Å². The van der Waals surface area contributed by atoms with E-state index in [1.54, 1.807) is 17.4 Å². The lowest BCUT2D eigenvalue weighted by Gasteiger charge is -2.26. The number of carbonyl (C=O) groups is 1. The highest BCUT2D eigenvalue weighted by molar-refractivity contribution is 9.11. The Kier molecular flexibility index (Phi) is 5.24. The third-order valence-electron chi connectivity index (χ3n) is 3.47. The lowest BCUT2D eigenvalue weighted by atomic mass is 10.3. The number of hydrogen-bond donors (Lipinski definition) is 2. The van der Waals surface area contributed by atoms with Crippen molar-refractivity contribution in [2.75, 3.05) is 39.4 Å². The Bertz CT molecular complexity index is 636. The molecule has 1 aliphatic rings. The zero-order valence-corrected chi connectivity index (χ0v) is 14.4. The minimum Gasteiger partial charge on any atom is -0.379 e. The molecule has 1 amide bonds. The number of H-pyrrole nitrogens is 1. The van der Waals surface area contributed by atoms with Gasteiger partial charge < -0.3 is 10.1 Å². The normalized spacial score (nSPS) is 15.9. The van der Waals surface area contributed by atoms with E-state index < -0.39 is 0 Å². The van der Waals surface area contributed by atoms with Crippen molar-refractivity contribution in [2.24, 2.45) is 0 Å². The number of amides is 1. The summed E-state index contributed by atoms with van der Waals surface area (Å²) in [7, 11) is 0. The highest BCUT2D eigenvalue weighted by Crippen LogP contribution is 2.30. The Balaban J connectivity index is 1.51. The van der Waals surface area contributed by atoms with Gasteiger partial charge in [-0.05, 0) is 34.1 Å². The first-order valence-electron chi connectivity index (χ1n) is 7.12. The molecular formula is C14H17BrN4O2S. The Morgan fingerprint density at radius 2 is 2.27 bits per heavy atom. The maximum atomic E-state index is 12.1. The first kappa shape index (κ1) is 15.7. The second-order valence-electron chi connectivity index (χ2n) is 4.98. The van der Waals surface area contributed by atoms with Crippen LogP contribution in [0.25, 0.3) is 10.6 Å². The number of thiophene rings is 1. The third-order valence-corrected chi connectivity index (χ3v) is 5.12. The Labute approximate surface area is 141 Å². The molecule has 0 saturated carbocycles. The predicted octanol–water partition coefficient (Wildman–Crippen LogP) is 1.96. The van der Waals surface area contributed by atoms with Crippen molar-refractivity contribution in [1.82, 2.24) is 20.4 Å². The van der Waals surface area contributed by atoms with Crippen molar-refractivity contribution in [3.63, 3.8) is 0 Å². The highest BCUT2D eigenvalue weighted by atomic mass is 79.9. The Morgan fingerprint density at radius 3 is 3.00 bits per heavy atom. The van der Waals surface area contributed by atoms with Gasteiger partial charge in [0.05, 0.1) is 27.6 Å². The molecule has 118 valence electrons. The second-order valence-corrected chi connectivity index (χ2v) is 7.44. The van der Waals surface area contributed by atoms with Crippen LogP contribution >= 0.6 is 27.3 Å².